The first-order chi connectivity index (χ1) is 8.33. The lowest BCUT2D eigenvalue weighted by Crippen LogP contribution is -2.02. The first kappa shape index (κ1) is 13.5. The van der Waals surface area contributed by atoms with Gasteiger partial charge in [0.05, 0.1) is 6.61 Å². The Morgan fingerprint density at radius 1 is 1.18 bits per heavy atom. The van der Waals surface area contributed by atoms with Crippen molar-refractivity contribution in [1.29, 1.82) is 0 Å². The van der Waals surface area contributed by atoms with Crippen molar-refractivity contribution >= 4 is 12.0 Å². The highest BCUT2D eigenvalue weighted by Gasteiger charge is 1.96. The van der Waals surface area contributed by atoms with Crippen molar-refractivity contribution in [3.8, 4) is 0 Å². The van der Waals surface area contributed by atoms with Gasteiger partial charge in [-0.2, -0.15) is 0 Å². The molecule has 17 heavy (non-hydrogen) atoms. The molecule has 0 bridgehead atoms. The Hall–Kier alpha value is -1.57. The summed E-state index contributed by atoms with van der Waals surface area (Å²) in [5.41, 5.74) is 1.01. The topological polar surface area (TPSA) is 26.3 Å². The zero-order valence-corrected chi connectivity index (χ0v) is 10.4. The summed E-state index contributed by atoms with van der Waals surface area (Å²) >= 11 is 0. The fraction of sp³-hybridized carbons (Fsp3) is 0.400. The lowest BCUT2D eigenvalue weighted by Gasteiger charge is -2.00. The number of carbonyl (C=O) groups is 1. The maximum Gasteiger partial charge on any atom is 0.330 e. The summed E-state index contributed by atoms with van der Waals surface area (Å²) in [5.74, 6) is -0.259. The van der Waals surface area contributed by atoms with Gasteiger partial charge in [-0.3, -0.25) is 0 Å². The number of carbonyl (C=O) groups excluding carboxylic acids is 1. The molecular formula is C15H20O2. The molecule has 1 aromatic carbocycles. The summed E-state index contributed by atoms with van der Waals surface area (Å²) in [5, 5.41) is 0. The molecule has 0 unspecified atom stereocenters. The van der Waals surface area contributed by atoms with E-state index >= 15 is 0 Å². The summed E-state index contributed by atoms with van der Waals surface area (Å²) in [6, 6.07) is 9.73. The number of benzene rings is 1. The van der Waals surface area contributed by atoms with Gasteiger partial charge in [-0.1, -0.05) is 56.5 Å². The van der Waals surface area contributed by atoms with Crippen LogP contribution in [0.15, 0.2) is 36.4 Å². The quantitative estimate of drug-likeness (QED) is 0.406. The molecule has 0 aliphatic carbocycles. The third-order valence-corrected chi connectivity index (χ3v) is 2.45. The van der Waals surface area contributed by atoms with E-state index in [1.807, 2.05) is 30.3 Å². The van der Waals surface area contributed by atoms with Gasteiger partial charge in [0.15, 0.2) is 0 Å². The summed E-state index contributed by atoms with van der Waals surface area (Å²) in [6.45, 7) is 2.69. The second kappa shape index (κ2) is 8.57. The van der Waals surface area contributed by atoms with Crippen LogP contribution in [0.4, 0.5) is 0 Å². The van der Waals surface area contributed by atoms with Gasteiger partial charge >= 0.3 is 5.97 Å². The standard InChI is InChI=1S/C15H20O2/c1-2-3-4-8-13-17-15(16)12-11-14-9-6-5-7-10-14/h5-7,9-12H,2-4,8,13H2,1H3. The van der Waals surface area contributed by atoms with Crippen molar-refractivity contribution in [2.75, 3.05) is 6.61 Å². The van der Waals surface area contributed by atoms with Crippen molar-refractivity contribution in [3.63, 3.8) is 0 Å². The van der Waals surface area contributed by atoms with Crippen LogP contribution in [-0.2, 0) is 9.53 Å². The Morgan fingerprint density at radius 3 is 2.65 bits per heavy atom. The average molecular weight is 232 g/mol. The molecule has 0 N–H and O–H groups in total. The van der Waals surface area contributed by atoms with Gasteiger partial charge in [0.25, 0.3) is 0 Å². The average Bonchev–Trinajstić information content (AvgIpc) is 2.37. The van der Waals surface area contributed by atoms with Gasteiger partial charge in [-0.05, 0) is 18.1 Å². The van der Waals surface area contributed by atoms with E-state index in [2.05, 4.69) is 6.92 Å². The predicted octanol–water partition coefficient (Wildman–Crippen LogP) is 3.82. The van der Waals surface area contributed by atoms with Crippen LogP contribution in [0.3, 0.4) is 0 Å². The lowest BCUT2D eigenvalue weighted by molar-refractivity contribution is -0.137. The zero-order chi connectivity index (χ0) is 12.3. The third-order valence-electron chi connectivity index (χ3n) is 2.45. The predicted molar refractivity (Wildman–Crippen MR) is 70.6 cm³/mol. The molecule has 1 aromatic rings. The van der Waals surface area contributed by atoms with Crippen LogP contribution in [0.1, 0.15) is 38.2 Å². The molecule has 2 nitrogen and oxygen atoms in total. The minimum atomic E-state index is -0.259. The van der Waals surface area contributed by atoms with E-state index in [0.717, 1.165) is 18.4 Å². The normalized spacial score (nSPS) is 10.6. The van der Waals surface area contributed by atoms with Gasteiger partial charge in [-0.25, -0.2) is 4.79 Å². The second-order valence-corrected chi connectivity index (χ2v) is 3.97. The molecular weight excluding hydrogens is 212 g/mol. The molecule has 92 valence electrons. The van der Waals surface area contributed by atoms with Crippen LogP contribution in [0.2, 0.25) is 0 Å². The van der Waals surface area contributed by atoms with Gasteiger partial charge in [0.1, 0.15) is 0 Å². The van der Waals surface area contributed by atoms with Gasteiger partial charge in [0, 0.05) is 6.08 Å². The first-order valence-electron chi connectivity index (χ1n) is 6.23. The monoisotopic (exact) mass is 232 g/mol. The van der Waals surface area contributed by atoms with E-state index in [4.69, 9.17) is 4.74 Å². The van der Waals surface area contributed by atoms with Crippen LogP contribution in [-0.4, -0.2) is 12.6 Å². The molecule has 0 atom stereocenters. The SMILES string of the molecule is CCCCCCOC(=O)C=Cc1ccccc1. The highest BCUT2D eigenvalue weighted by Crippen LogP contribution is 2.02. The Kier molecular flexibility index (Phi) is 6.80. The highest BCUT2D eigenvalue weighted by atomic mass is 16.5. The molecule has 0 radical (unpaired) electrons. The maximum absolute atomic E-state index is 11.3. The number of hydrogen-bond donors (Lipinski definition) is 0. The number of rotatable bonds is 7. The number of hydrogen-bond acceptors (Lipinski definition) is 2. The van der Waals surface area contributed by atoms with Crippen molar-refractivity contribution < 1.29 is 9.53 Å². The number of unbranched alkanes of at least 4 members (excludes halogenated alkanes) is 3. The van der Waals surface area contributed by atoms with Crippen molar-refractivity contribution in [2.24, 2.45) is 0 Å². The maximum atomic E-state index is 11.3. The van der Waals surface area contributed by atoms with Crippen LogP contribution >= 0.6 is 0 Å². The lowest BCUT2D eigenvalue weighted by atomic mass is 10.2. The van der Waals surface area contributed by atoms with Gasteiger partial charge in [-0.15, -0.1) is 0 Å². The summed E-state index contributed by atoms with van der Waals surface area (Å²) in [6.07, 6.45) is 7.74. The Morgan fingerprint density at radius 2 is 1.94 bits per heavy atom. The molecule has 0 saturated carbocycles. The minimum Gasteiger partial charge on any atom is -0.463 e. The molecule has 0 aromatic heterocycles. The minimum absolute atomic E-state index is 0.259. The first-order valence-corrected chi connectivity index (χ1v) is 6.23. The summed E-state index contributed by atoms with van der Waals surface area (Å²) in [4.78, 5) is 11.3. The molecule has 0 aliphatic heterocycles. The van der Waals surface area contributed by atoms with E-state index in [9.17, 15) is 4.79 Å². The Bertz CT molecular complexity index is 341. The van der Waals surface area contributed by atoms with E-state index < -0.39 is 0 Å². The van der Waals surface area contributed by atoms with E-state index in [-0.39, 0.29) is 5.97 Å². The van der Waals surface area contributed by atoms with E-state index in [1.165, 1.54) is 18.9 Å². The number of esters is 1. The van der Waals surface area contributed by atoms with Crippen molar-refractivity contribution in [2.45, 2.75) is 32.6 Å². The van der Waals surface area contributed by atoms with Crippen LogP contribution < -0.4 is 0 Å². The molecule has 1 rings (SSSR count). The Labute approximate surface area is 103 Å². The zero-order valence-electron chi connectivity index (χ0n) is 10.4. The second-order valence-electron chi connectivity index (χ2n) is 3.97. The molecule has 2 heteroatoms. The van der Waals surface area contributed by atoms with Crippen molar-refractivity contribution in [3.05, 3.63) is 42.0 Å². The van der Waals surface area contributed by atoms with E-state index in [1.54, 1.807) is 6.08 Å². The molecule has 0 fully saturated rings. The van der Waals surface area contributed by atoms with Gasteiger partial charge < -0.3 is 4.74 Å². The summed E-state index contributed by atoms with van der Waals surface area (Å²) in [7, 11) is 0. The largest absolute Gasteiger partial charge is 0.463 e. The molecule has 0 aliphatic rings. The highest BCUT2D eigenvalue weighted by molar-refractivity contribution is 5.86. The van der Waals surface area contributed by atoms with Crippen LogP contribution in [0, 0.1) is 0 Å². The van der Waals surface area contributed by atoms with Crippen LogP contribution in [0.5, 0.6) is 0 Å². The molecule has 0 saturated heterocycles. The fourth-order valence-corrected chi connectivity index (χ4v) is 1.48. The Balaban J connectivity index is 2.19. The van der Waals surface area contributed by atoms with E-state index in [0.29, 0.717) is 6.61 Å². The van der Waals surface area contributed by atoms with Crippen molar-refractivity contribution in [1.82, 2.24) is 0 Å². The number of ether oxygens (including phenoxy) is 1. The van der Waals surface area contributed by atoms with Gasteiger partial charge in [0.2, 0.25) is 0 Å². The summed E-state index contributed by atoms with van der Waals surface area (Å²) < 4.78 is 5.08. The molecule has 0 heterocycles. The molecule has 0 spiro atoms. The third kappa shape index (κ3) is 6.56. The fourth-order valence-electron chi connectivity index (χ4n) is 1.48. The smallest absolute Gasteiger partial charge is 0.330 e. The molecule has 0 amide bonds. The van der Waals surface area contributed by atoms with Crippen LogP contribution in [0.25, 0.3) is 6.08 Å².